The van der Waals surface area contributed by atoms with E-state index in [2.05, 4.69) is 6.58 Å². The molecule has 2 aromatic carbocycles. The van der Waals surface area contributed by atoms with Gasteiger partial charge in [-0.05, 0) is 31.2 Å². The van der Waals surface area contributed by atoms with E-state index in [0.717, 1.165) is 5.57 Å². The highest BCUT2D eigenvalue weighted by atomic mass is 16.5. The van der Waals surface area contributed by atoms with E-state index in [9.17, 15) is 15.3 Å². The molecule has 0 fully saturated rings. The summed E-state index contributed by atoms with van der Waals surface area (Å²) < 4.78 is 5.04. The van der Waals surface area contributed by atoms with Gasteiger partial charge in [0.15, 0.2) is 11.5 Å². The third kappa shape index (κ3) is 1.85. The Labute approximate surface area is 110 Å². The zero-order valence-electron chi connectivity index (χ0n) is 11.1. The Balaban J connectivity index is 3.23. The first-order chi connectivity index (χ1) is 8.88. The first-order valence-corrected chi connectivity index (χ1v) is 5.79. The number of rotatable bonds is 1. The number of ether oxygens (including phenoxy) is 1. The lowest BCUT2D eigenvalue weighted by Gasteiger charge is -2.12. The second-order valence-electron chi connectivity index (χ2n) is 4.62. The van der Waals surface area contributed by atoms with Crippen LogP contribution in [-0.4, -0.2) is 22.4 Å². The first-order valence-electron chi connectivity index (χ1n) is 5.79. The normalized spacial score (nSPS) is 10.7. The van der Waals surface area contributed by atoms with Crippen LogP contribution in [0, 0.1) is 0 Å². The maximum Gasteiger partial charge on any atom is 0.171 e. The lowest BCUT2D eigenvalue weighted by atomic mass is 10.0. The van der Waals surface area contributed by atoms with Crippen LogP contribution in [0.2, 0.25) is 0 Å². The second-order valence-corrected chi connectivity index (χ2v) is 4.62. The van der Waals surface area contributed by atoms with Gasteiger partial charge in [-0.25, -0.2) is 0 Å². The van der Waals surface area contributed by atoms with Gasteiger partial charge in [0.05, 0.1) is 12.3 Å². The standard InChI is InChI=1S/C15H16O4/c1-7(2)10-5-9(16)6-11-12(10)13(17)8(3)15(19-4)14(11)18/h5-6,16-18H,3H2,1-2,4H3. The first kappa shape index (κ1) is 13.1. The zero-order valence-corrected chi connectivity index (χ0v) is 11.1. The molecule has 0 amide bonds. The summed E-state index contributed by atoms with van der Waals surface area (Å²) in [6, 6.07) is 2.93. The highest BCUT2D eigenvalue weighted by Crippen LogP contribution is 2.35. The summed E-state index contributed by atoms with van der Waals surface area (Å²) in [5.74, 6) is -0.0767. The van der Waals surface area contributed by atoms with Gasteiger partial charge in [-0.15, -0.1) is 0 Å². The molecule has 0 saturated heterocycles. The van der Waals surface area contributed by atoms with Crippen LogP contribution in [0.5, 0.6) is 23.0 Å². The number of benzene rings is 2. The van der Waals surface area contributed by atoms with Crippen molar-refractivity contribution in [1.29, 1.82) is 0 Å². The van der Waals surface area contributed by atoms with Crippen molar-refractivity contribution in [3.8, 4) is 23.0 Å². The van der Waals surface area contributed by atoms with Crippen molar-refractivity contribution in [3.63, 3.8) is 0 Å². The molecule has 3 N–H and O–H groups in total. The molecular weight excluding hydrogens is 244 g/mol. The molecule has 0 aliphatic rings. The Hall–Kier alpha value is -2.36. The molecule has 4 nitrogen and oxygen atoms in total. The van der Waals surface area contributed by atoms with Gasteiger partial charge in [-0.2, -0.15) is 0 Å². The highest BCUT2D eigenvalue weighted by molar-refractivity contribution is 5.97. The fraction of sp³-hybridized carbons (Fsp3) is 0.200. The van der Waals surface area contributed by atoms with E-state index in [4.69, 9.17) is 4.74 Å². The molecule has 0 aliphatic carbocycles. The number of fused-ring (bicyclic) bond motifs is 1. The van der Waals surface area contributed by atoms with Crippen molar-refractivity contribution < 1.29 is 20.1 Å². The van der Waals surface area contributed by atoms with Gasteiger partial charge in [0.2, 0.25) is 0 Å². The number of hydrogen-bond donors (Lipinski definition) is 3. The zero-order chi connectivity index (χ0) is 14.3. The van der Waals surface area contributed by atoms with Crippen LogP contribution in [0.15, 0.2) is 12.1 Å². The summed E-state index contributed by atoms with van der Waals surface area (Å²) in [7, 11) is 1.38. The molecule has 0 unspecified atom stereocenters. The molecule has 2 aromatic rings. The van der Waals surface area contributed by atoms with Gasteiger partial charge in [-0.1, -0.05) is 12.2 Å². The Bertz CT molecular complexity index is 771. The average molecular weight is 260 g/mol. The van der Waals surface area contributed by atoms with E-state index in [1.807, 2.05) is 13.8 Å². The van der Waals surface area contributed by atoms with Crippen molar-refractivity contribution in [2.24, 2.45) is 0 Å². The van der Waals surface area contributed by atoms with Crippen molar-refractivity contribution in [3.05, 3.63) is 22.6 Å². The van der Waals surface area contributed by atoms with Crippen LogP contribution in [0.3, 0.4) is 0 Å². The highest BCUT2D eigenvalue weighted by Gasteiger charge is 2.16. The molecule has 0 atom stereocenters. The van der Waals surface area contributed by atoms with E-state index in [-0.39, 0.29) is 28.2 Å². The average Bonchev–Trinajstić information content (AvgIpc) is 2.35. The predicted octanol–water partition coefficient (Wildman–Crippen LogP) is 1.57. The van der Waals surface area contributed by atoms with E-state index in [0.29, 0.717) is 16.0 Å². The number of hydrogen-bond acceptors (Lipinski definition) is 4. The van der Waals surface area contributed by atoms with Gasteiger partial charge >= 0.3 is 0 Å². The topological polar surface area (TPSA) is 69.9 Å². The summed E-state index contributed by atoms with van der Waals surface area (Å²) in [5.41, 5.74) is 0.903. The molecule has 100 valence electrons. The van der Waals surface area contributed by atoms with Gasteiger partial charge in [0, 0.05) is 10.8 Å². The van der Waals surface area contributed by atoms with Gasteiger partial charge < -0.3 is 20.1 Å². The maximum absolute atomic E-state index is 10.3. The van der Waals surface area contributed by atoms with Gasteiger partial charge in [-0.3, -0.25) is 0 Å². The summed E-state index contributed by atoms with van der Waals surface area (Å²) >= 11 is 0. The van der Waals surface area contributed by atoms with Gasteiger partial charge in [0.1, 0.15) is 11.5 Å². The Morgan fingerprint density at radius 1 is 1.11 bits per heavy atom. The Morgan fingerprint density at radius 3 is 2.26 bits per heavy atom. The Kier molecular flexibility index (Phi) is 3.02. The molecule has 0 spiro atoms. The SMILES string of the molecule is C=c1c(OC)c(O)c2cc(O)cc(=C(C)C)c2c1O. The van der Waals surface area contributed by atoms with Crippen molar-refractivity contribution in [1.82, 2.24) is 0 Å². The van der Waals surface area contributed by atoms with E-state index >= 15 is 0 Å². The molecule has 0 saturated carbocycles. The molecule has 0 heterocycles. The largest absolute Gasteiger partial charge is 0.508 e. The maximum atomic E-state index is 10.3. The van der Waals surface area contributed by atoms with Crippen LogP contribution >= 0.6 is 0 Å². The fourth-order valence-corrected chi connectivity index (χ4v) is 2.21. The fourth-order valence-electron chi connectivity index (χ4n) is 2.21. The molecule has 2 rings (SSSR count). The molecule has 4 heteroatoms. The molecule has 0 aromatic heterocycles. The monoisotopic (exact) mass is 260 g/mol. The van der Waals surface area contributed by atoms with E-state index < -0.39 is 0 Å². The minimum atomic E-state index is -0.140. The molecule has 0 aliphatic heterocycles. The van der Waals surface area contributed by atoms with Crippen LogP contribution < -0.4 is 15.2 Å². The van der Waals surface area contributed by atoms with Gasteiger partial charge in [0.25, 0.3) is 0 Å². The smallest absolute Gasteiger partial charge is 0.171 e. The minimum Gasteiger partial charge on any atom is -0.508 e. The predicted molar refractivity (Wildman–Crippen MR) is 75.0 cm³/mol. The Morgan fingerprint density at radius 2 is 1.74 bits per heavy atom. The lowest BCUT2D eigenvalue weighted by Crippen LogP contribution is -2.12. The molecule has 0 bridgehead atoms. The van der Waals surface area contributed by atoms with Crippen molar-refractivity contribution >= 4 is 22.9 Å². The summed E-state index contributed by atoms with van der Waals surface area (Å²) in [4.78, 5) is 0. The van der Waals surface area contributed by atoms with E-state index in [1.165, 1.54) is 13.2 Å². The molecular formula is C15H16O4. The van der Waals surface area contributed by atoms with Crippen LogP contribution in [0.1, 0.15) is 13.8 Å². The van der Waals surface area contributed by atoms with Crippen LogP contribution in [0.25, 0.3) is 22.9 Å². The van der Waals surface area contributed by atoms with Crippen LogP contribution in [-0.2, 0) is 0 Å². The van der Waals surface area contributed by atoms with E-state index in [1.54, 1.807) is 6.07 Å². The van der Waals surface area contributed by atoms with Crippen molar-refractivity contribution in [2.45, 2.75) is 13.8 Å². The number of phenolic OH excluding ortho intramolecular Hbond substituents is 3. The summed E-state index contributed by atoms with van der Waals surface area (Å²) in [6.45, 7) is 7.44. The number of aromatic hydroxyl groups is 3. The minimum absolute atomic E-state index is 0.0114. The lowest BCUT2D eigenvalue weighted by molar-refractivity contribution is 0.368. The van der Waals surface area contributed by atoms with Crippen molar-refractivity contribution in [2.75, 3.05) is 7.11 Å². The summed E-state index contributed by atoms with van der Waals surface area (Å²) in [6.07, 6.45) is 0. The van der Waals surface area contributed by atoms with Crippen LogP contribution in [0.4, 0.5) is 0 Å². The number of phenols is 3. The molecule has 19 heavy (non-hydrogen) atoms. The summed E-state index contributed by atoms with van der Waals surface area (Å²) in [5, 5.41) is 31.9. The molecule has 0 radical (unpaired) electrons. The third-order valence-corrected chi connectivity index (χ3v) is 3.13. The third-order valence-electron chi connectivity index (χ3n) is 3.13. The quantitative estimate of drug-likeness (QED) is 0.681. The number of methoxy groups -OCH3 is 1. The second kappa shape index (κ2) is 4.39.